The quantitative estimate of drug-likeness (QED) is 0.522. The summed E-state index contributed by atoms with van der Waals surface area (Å²) in [6, 6.07) is 0. The molecule has 4 aliphatic carbocycles. The molecule has 0 bridgehead atoms. The van der Waals surface area contributed by atoms with Gasteiger partial charge in [0.1, 0.15) is 0 Å². The maximum atomic E-state index is 10.2. The van der Waals surface area contributed by atoms with Crippen LogP contribution in [0.2, 0.25) is 0 Å². The molecule has 2 unspecified atom stereocenters. The van der Waals surface area contributed by atoms with E-state index in [0.717, 1.165) is 53.6 Å². The van der Waals surface area contributed by atoms with Crippen LogP contribution in [0.5, 0.6) is 0 Å². The second-order valence-electron chi connectivity index (χ2n) is 12.0. The molecule has 4 rings (SSSR count). The van der Waals surface area contributed by atoms with Crippen LogP contribution in [-0.2, 0) is 0 Å². The molecule has 0 aromatic rings. The topological polar surface area (TPSA) is 20.2 Å². The lowest BCUT2D eigenvalue weighted by molar-refractivity contribution is -0.129. The summed E-state index contributed by atoms with van der Waals surface area (Å²) in [6.07, 6.45) is 13.7. The van der Waals surface area contributed by atoms with Crippen molar-refractivity contribution in [1.82, 2.24) is 0 Å². The van der Waals surface area contributed by atoms with Crippen LogP contribution in [0.25, 0.3) is 0 Å². The van der Waals surface area contributed by atoms with Crippen molar-refractivity contribution < 1.29 is 5.11 Å². The molecule has 0 aromatic heterocycles. The predicted molar refractivity (Wildman–Crippen MR) is 123 cm³/mol. The van der Waals surface area contributed by atoms with Crippen LogP contribution in [0.4, 0.5) is 0 Å². The molecule has 0 saturated heterocycles. The number of fused-ring (bicyclic) bond motifs is 5. The molecule has 0 aromatic carbocycles. The largest absolute Gasteiger partial charge is 0.393 e. The highest BCUT2D eigenvalue weighted by Crippen LogP contribution is 2.68. The minimum Gasteiger partial charge on any atom is -0.393 e. The van der Waals surface area contributed by atoms with Crippen molar-refractivity contribution in [2.24, 2.45) is 46.3 Å². The molecule has 0 amide bonds. The van der Waals surface area contributed by atoms with Crippen LogP contribution in [-0.4, -0.2) is 22.2 Å². The van der Waals surface area contributed by atoms with Crippen molar-refractivity contribution in [2.45, 2.75) is 110 Å². The highest BCUT2D eigenvalue weighted by Gasteiger charge is 2.60. The van der Waals surface area contributed by atoms with Gasteiger partial charge in [-0.05, 0) is 122 Å². The maximum absolute atomic E-state index is 10.2. The number of thioether (sulfide) groups is 1. The number of hydrogen-bond acceptors (Lipinski definition) is 2. The van der Waals surface area contributed by atoms with Crippen LogP contribution < -0.4 is 0 Å². The van der Waals surface area contributed by atoms with Gasteiger partial charge >= 0.3 is 0 Å². The molecule has 4 aliphatic rings. The van der Waals surface area contributed by atoms with Gasteiger partial charge in [-0.2, -0.15) is 11.8 Å². The van der Waals surface area contributed by atoms with E-state index in [1.54, 1.807) is 0 Å². The Morgan fingerprint density at radius 2 is 1.61 bits per heavy atom. The fourth-order valence-corrected chi connectivity index (χ4v) is 9.88. The molecular formula is C26H46OS. The van der Waals surface area contributed by atoms with E-state index in [9.17, 15) is 5.11 Å². The minimum absolute atomic E-state index is 0.0103. The third-order valence-corrected chi connectivity index (χ3v) is 11.6. The third kappa shape index (κ3) is 3.61. The summed E-state index contributed by atoms with van der Waals surface area (Å²) in [7, 11) is 0. The van der Waals surface area contributed by atoms with E-state index in [1.165, 1.54) is 57.1 Å². The van der Waals surface area contributed by atoms with E-state index in [0.29, 0.717) is 10.8 Å². The zero-order valence-corrected chi connectivity index (χ0v) is 20.1. The number of aliphatic hydroxyl groups excluding tert-OH is 1. The monoisotopic (exact) mass is 406 g/mol. The lowest BCUT2D eigenvalue weighted by Crippen LogP contribution is -2.54. The van der Waals surface area contributed by atoms with E-state index >= 15 is 0 Å². The van der Waals surface area contributed by atoms with Crippen molar-refractivity contribution in [3.63, 3.8) is 0 Å². The maximum Gasteiger partial charge on any atom is 0.0543 e. The molecule has 0 radical (unpaired) electrons. The first-order valence-electron chi connectivity index (χ1n) is 12.6. The second-order valence-corrected chi connectivity index (χ2v) is 13.7. The van der Waals surface area contributed by atoms with Gasteiger partial charge in [-0.15, -0.1) is 0 Å². The normalized spacial score (nSPS) is 49.4. The van der Waals surface area contributed by atoms with Crippen LogP contribution in [0.3, 0.4) is 0 Å². The molecular weight excluding hydrogens is 360 g/mol. The lowest BCUT2D eigenvalue weighted by Gasteiger charge is -2.61. The molecule has 0 heterocycles. The summed E-state index contributed by atoms with van der Waals surface area (Å²) < 4.78 is 0. The minimum atomic E-state index is -0.0103. The SMILES string of the molecule is CC(C)SCC[C@@H](C)[C@H]1CC[C@H]2[C@@H]3CCC4CC(O)CC[C@]4(C)[C@H]3CC[C@]12C. The first kappa shape index (κ1) is 21.5. The first-order chi connectivity index (χ1) is 13.3. The Morgan fingerprint density at radius 3 is 2.36 bits per heavy atom. The molecule has 0 spiro atoms. The van der Waals surface area contributed by atoms with Gasteiger partial charge in [-0.1, -0.05) is 34.6 Å². The fourth-order valence-electron chi connectivity index (χ4n) is 8.90. The Labute approximate surface area is 179 Å². The average Bonchev–Trinajstić information content (AvgIpc) is 2.99. The van der Waals surface area contributed by atoms with Gasteiger partial charge in [0.15, 0.2) is 0 Å². The van der Waals surface area contributed by atoms with Gasteiger partial charge < -0.3 is 5.11 Å². The van der Waals surface area contributed by atoms with Gasteiger partial charge in [0.2, 0.25) is 0 Å². The Morgan fingerprint density at radius 1 is 0.893 bits per heavy atom. The van der Waals surface area contributed by atoms with Crippen LogP contribution >= 0.6 is 11.8 Å². The lowest BCUT2D eigenvalue weighted by atomic mass is 9.44. The van der Waals surface area contributed by atoms with E-state index in [-0.39, 0.29) is 6.10 Å². The molecule has 28 heavy (non-hydrogen) atoms. The molecule has 162 valence electrons. The van der Waals surface area contributed by atoms with E-state index in [4.69, 9.17) is 0 Å². The molecule has 1 nitrogen and oxygen atoms in total. The zero-order valence-electron chi connectivity index (χ0n) is 19.3. The number of aliphatic hydroxyl groups is 1. The molecule has 1 N–H and O–H groups in total. The van der Waals surface area contributed by atoms with Crippen molar-refractivity contribution in [3.8, 4) is 0 Å². The van der Waals surface area contributed by atoms with Crippen molar-refractivity contribution in [3.05, 3.63) is 0 Å². The standard InChI is InChI=1S/C26H46OS/c1-17(2)28-15-12-18(3)22-8-9-23-21-7-6-19-16-20(27)10-13-25(19,4)24(21)11-14-26(22,23)5/h17-24,27H,6-16H2,1-5H3/t18-,19?,20?,21+,22-,23+,24+,25+,26-/m1/s1. The van der Waals surface area contributed by atoms with E-state index in [1.807, 2.05) is 0 Å². The Hall–Kier alpha value is 0.310. The summed E-state index contributed by atoms with van der Waals surface area (Å²) in [5, 5.41) is 11.0. The molecule has 2 heteroatoms. The Kier molecular flexibility index (Phi) is 6.23. The summed E-state index contributed by atoms with van der Waals surface area (Å²) in [5.74, 6) is 6.93. The predicted octanol–water partition coefficient (Wildman–Crippen LogP) is 7.17. The fraction of sp³-hybridized carbons (Fsp3) is 1.00. The third-order valence-electron chi connectivity index (χ3n) is 10.4. The first-order valence-corrected chi connectivity index (χ1v) is 13.6. The Balaban J connectivity index is 1.46. The van der Waals surface area contributed by atoms with Gasteiger partial charge in [-0.3, -0.25) is 0 Å². The smallest absolute Gasteiger partial charge is 0.0543 e. The highest BCUT2D eigenvalue weighted by atomic mass is 32.2. The van der Waals surface area contributed by atoms with Crippen molar-refractivity contribution in [1.29, 1.82) is 0 Å². The van der Waals surface area contributed by atoms with Gasteiger partial charge in [0.05, 0.1) is 6.10 Å². The van der Waals surface area contributed by atoms with E-state index < -0.39 is 0 Å². The molecule has 4 fully saturated rings. The number of hydrogen-bond donors (Lipinski definition) is 1. The summed E-state index contributed by atoms with van der Waals surface area (Å²) >= 11 is 2.16. The van der Waals surface area contributed by atoms with Gasteiger partial charge in [0.25, 0.3) is 0 Å². The zero-order chi connectivity index (χ0) is 20.1. The van der Waals surface area contributed by atoms with Crippen molar-refractivity contribution in [2.75, 3.05) is 5.75 Å². The van der Waals surface area contributed by atoms with Crippen LogP contribution in [0.15, 0.2) is 0 Å². The van der Waals surface area contributed by atoms with Gasteiger partial charge in [0, 0.05) is 0 Å². The average molecular weight is 407 g/mol. The van der Waals surface area contributed by atoms with Crippen LogP contribution in [0.1, 0.15) is 98.8 Å². The summed E-state index contributed by atoms with van der Waals surface area (Å²) in [5.41, 5.74) is 1.14. The molecule has 4 saturated carbocycles. The van der Waals surface area contributed by atoms with Crippen molar-refractivity contribution >= 4 is 11.8 Å². The molecule has 9 atom stereocenters. The van der Waals surface area contributed by atoms with Crippen LogP contribution in [0, 0.1) is 46.3 Å². The molecule has 0 aliphatic heterocycles. The number of rotatable bonds is 5. The Bertz CT molecular complexity index is 547. The van der Waals surface area contributed by atoms with E-state index in [2.05, 4.69) is 46.4 Å². The highest BCUT2D eigenvalue weighted by molar-refractivity contribution is 7.99. The summed E-state index contributed by atoms with van der Waals surface area (Å²) in [6.45, 7) is 12.6. The van der Waals surface area contributed by atoms with Gasteiger partial charge in [-0.25, -0.2) is 0 Å². The summed E-state index contributed by atoms with van der Waals surface area (Å²) in [4.78, 5) is 0. The second kappa shape index (κ2) is 8.10.